The van der Waals surface area contributed by atoms with Gasteiger partial charge in [0, 0.05) is 25.2 Å². The summed E-state index contributed by atoms with van der Waals surface area (Å²) < 4.78 is 14.3. The van der Waals surface area contributed by atoms with Gasteiger partial charge in [0.1, 0.15) is 5.82 Å². The fourth-order valence-corrected chi connectivity index (χ4v) is 3.66. The summed E-state index contributed by atoms with van der Waals surface area (Å²) in [6.07, 6.45) is 6.40. The summed E-state index contributed by atoms with van der Waals surface area (Å²) in [5.41, 5.74) is 1.89. The number of hydrogen-bond acceptors (Lipinski definition) is 2. The maximum absolute atomic E-state index is 14.3. The smallest absolute Gasteiger partial charge is 0.146 e. The number of nitrogens with zero attached hydrogens (tertiary/aromatic N) is 1. The summed E-state index contributed by atoms with van der Waals surface area (Å²) in [4.78, 5) is 2.29. The fraction of sp³-hybridized carbons (Fsp3) is 0.625. The lowest BCUT2D eigenvalue weighted by Crippen LogP contribution is -2.32. The maximum Gasteiger partial charge on any atom is 0.146 e. The van der Waals surface area contributed by atoms with E-state index in [-0.39, 0.29) is 5.82 Å². The summed E-state index contributed by atoms with van der Waals surface area (Å²) >= 11 is 0. The minimum Gasteiger partial charge on any atom is -0.366 e. The lowest BCUT2D eigenvalue weighted by atomic mass is 10.1. The van der Waals surface area contributed by atoms with Crippen molar-refractivity contribution < 1.29 is 4.39 Å². The summed E-state index contributed by atoms with van der Waals surface area (Å²) in [5.74, 6) is 0.767. The molecule has 1 aromatic carbocycles. The van der Waals surface area contributed by atoms with E-state index < -0.39 is 0 Å². The van der Waals surface area contributed by atoms with Gasteiger partial charge in [0.2, 0.25) is 0 Å². The van der Waals surface area contributed by atoms with Crippen LogP contribution < -0.4 is 10.2 Å². The van der Waals surface area contributed by atoms with Crippen molar-refractivity contribution in [3.05, 3.63) is 29.6 Å². The molecule has 1 saturated heterocycles. The van der Waals surface area contributed by atoms with Crippen LogP contribution in [-0.4, -0.2) is 18.6 Å². The predicted octanol–water partition coefficient (Wildman–Crippen LogP) is 3.07. The van der Waals surface area contributed by atoms with E-state index in [1.54, 1.807) is 6.07 Å². The van der Waals surface area contributed by atoms with Gasteiger partial charge in [-0.05, 0) is 55.7 Å². The molecule has 1 heterocycles. The largest absolute Gasteiger partial charge is 0.366 e. The lowest BCUT2D eigenvalue weighted by molar-refractivity contribution is 0.539. The summed E-state index contributed by atoms with van der Waals surface area (Å²) in [5, 5.41) is 3.44. The Hall–Kier alpha value is -1.09. The van der Waals surface area contributed by atoms with Crippen molar-refractivity contribution in [2.75, 3.05) is 11.4 Å². The lowest BCUT2D eigenvalue weighted by Gasteiger charge is -2.29. The number of anilines is 1. The van der Waals surface area contributed by atoms with Crippen molar-refractivity contribution in [1.29, 1.82) is 0 Å². The molecule has 102 valence electrons. The van der Waals surface area contributed by atoms with Gasteiger partial charge in [0.05, 0.1) is 5.69 Å². The van der Waals surface area contributed by atoms with E-state index in [0.29, 0.717) is 12.1 Å². The molecule has 2 nitrogen and oxygen atoms in total. The van der Waals surface area contributed by atoms with E-state index in [9.17, 15) is 4.39 Å². The van der Waals surface area contributed by atoms with Gasteiger partial charge in [-0.2, -0.15) is 0 Å². The van der Waals surface area contributed by atoms with E-state index in [0.717, 1.165) is 30.3 Å². The van der Waals surface area contributed by atoms with E-state index in [1.165, 1.54) is 32.1 Å². The second kappa shape index (κ2) is 4.48. The molecule has 3 heteroatoms. The molecule has 2 saturated carbocycles. The molecule has 2 aliphatic carbocycles. The molecule has 0 amide bonds. The Morgan fingerprint density at radius 2 is 2.11 bits per heavy atom. The van der Waals surface area contributed by atoms with E-state index in [1.807, 2.05) is 6.07 Å². The molecule has 3 fully saturated rings. The molecule has 19 heavy (non-hydrogen) atoms. The maximum atomic E-state index is 14.3. The summed E-state index contributed by atoms with van der Waals surface area (Å²) in [6, 6.07) is 7.06. The molecule has 1 aliphatic heterocycles. The normalized spacial score (nSPS) is 29.2. The highest BCUT2D eigenvalue weighted by Crippen LogP contribution is 2.41. The van der Waals surface area contributed by atoms with E-state index >= 15 is 0 Å². The van der Waals surface area contributed by atoms with Crippen LogP contribution in [0.25, 0.3) is 0 Å². The number of piperidine rings is 1. The van der Waals surface area contributed by atoms with Crippen LogP contribution in [0.3, 0.4) is 0 Å². The highest BCUT2D eigenvalue weighted by molar-refractivity contribution is 5.51. The quantitative estimate of drug-likeness (QED) is 0.895. The minimum absolute atomic E-state index is 0.0392. The Balaban J connectivity index is 1.49. The molecule has 0 aromatic heterocycles. The van der Waals surface area contributed by atoms with Crippen molar-refractivity contribution in [2.45, 2.75) is 50.7 Å². The molecule has 0 spiro atoms. The van der Waals surface area contributed by atoms with Crippen molar-refractivity contribution in [1.82, 2.24) is 5.32 Å². The molecule has 2 unspecified atom stereocenters. The highest BCUT2D eigenvalue weighted by atomic mass is 19.1. The van der Waals surface area contributed by atoms with Crippen molar-refractivity contribution >= 4 is 5.69 Å². The van der Waals surface area contributed by atoms with Crippen molar-refractivity contribution in [2.24, 2.45) is 5.92 Å². The first kappa shape index (κ1) is 11.7. The number of fused-ring (bicyclic) bond motifs is 2. The average Bonchev–Trinajstić information content (AvgIpc) is 3.01. The third kappa shape index (κ3) is 2.25. The van der Waals surface area contributed by atoms with Crippen LogP contribution in [0.2, 0.25) is 0 Å². The van der Waals surface area contributed by atoms with Crippen LogP contribution in [0.5, 0.6) is 0 Å². The van der Waals surface area contributed by atoms with Crippen LogP contribution in [0.1, 0.15) is 37.7 Å². The molecule has 1 N–H and O–H groups in total. The zero-order valence-corrected chi connectivity index (χ0v) is 11.2. The number of benzene rings is 1. The molecule has 2 bridgehead atoms. The van der Waals surface area contributed by atoms with Gasteiger partial charge in [-0.25, -0.2) is 4.39 Å². The van der Waals surface area contributed by atoms with Crippen LogP contribution in [0.4, 0.5) is 10.1 Å². The Bertz CT molecular complexity index is 484. The topological polar surface area (TPSA) is 15.3 Å². The van der Waals surface area contributed by atoms with E-state index in [2.05, 4.69) is 16.3 Å². The monoisotopic (exact) mass is 260 g/mol. The standard InChI is InChI=1S/C16H21FN2/c17-15-8-11(9-18-13-3-4-13)2-6-16(15)19-10-12-1-5-14(19)7-12/h2,6,8,12-14,18H,1,3-5,7,9-10H2. The molecule has 2 atom stereocenters. The van der Waals surface area contributed by atoms with Crippen LogP contribution >= 0.6 is 0 Å². The first-order valence-corrected chi connectivity index (χ1v) is 7.58. The Morgan fingerprint density at radius 3 is 2.74 bits per heavy atom. The van der Waals surface area contributed by atoms with Crippen LogP contribution in [0.15, 0.2) is 18.2 Å². The number of rotatable bonds is 4. The molecular formula is C16H21FN2. The van der Waals surface area contributed by atoms with Gasteiger partial charge in [-0.3, -0.25) is 0 Å². The highest BCUT2D eigenvalue weighted by Gasteiger charge is 2.38. The van der Waals surface area contributed by atoms with Crippen LogP contribution in [-0.2, 0) is 6.54 Å². The summed E-state index contributed by atoms with van der Waals surface area (Å²) in [7, 11) is 0. The van der Waals surface area contributed by atoms with E-state index in [4.69, 9.17) is 0 Å². The van der Waals surface area contributed by atoms with Crippen molar-refractivity contribution in [3.63, 3.8) is 0 Å². The number of halogens is 1. The molecule has 0 radical (unpaired) electrons. The van der Waals surface area contributed by atoms with Crippen LogP contribution in [0, 0.1) is 11.7 Å². The Labute approximate surface area is 114 Å². The van der Waals surface area contributed by atoms with Crippen molar-refractivity contribution in [3.8, 4) is 0 Å². The first-order chi connectivity index (χ1) is 9.29. The third-order valence-electron chi connectivity index (χ3n) is 4.90. The van der Waals surface area contributed by atoms with Gasteiger partial charge in [0.15, 0.2) is 0 Å². The zero-order valence-electron chi connectivity index (χ0n) is 11.2. The SMILES string of the molecule is Fc1cc(CNC2CC2)ccc1N1CC2CCC1C2. The van der Waals surface area contributed by atoms with Gasteiger partial charge < -0.3 is 10.2 Å². The second-order valence-electron chi connectivity index (χ2n) is 6.43. The van der Waals surface area contributed by atoms with Gasteiger partial charge in [0.25, 0.3) is 0 Å². The van der Waals surface area contributed by atoms with Gasteiger partial charge in [-0.1, -0.05) is 6.07 Å². The molecule has 4 rings (SSSR count). The van der Waals surface area contributed by atoms with Gasteiger partial charge >= 0.3 is 0 Å². The molecular weight excluding hydrogens is 239 g/mol. The fourth-order valence-electron chi connectivity index (χ4n) is 3.66. The Kier molecular flexibility index (Phi) is 2.76. The minimum atomic E-state index is -0.0392. The van der Waals surface area contributed by atoms with Gasteiger partial charge in [-0.15, -0.1) is 0 Å². The number of nitrogens with one attached hydrogen (secondary N) is 1. The molecule has 1 aromatic rings. The zero-order chi connectivity index (χ0) is 12.8. The number of hydrogen-bond donors (Lipinski definition) is 1. The second-order valence-corrected chi connectivity index (χ2v) is 6.43. The first-order valence-electron chi connectivity index (χ1n) is 7.58. The third-order valence-corrected chi connectivity index (χ3v) is 4.90. The average molecular weight is 260 g/mol. The molecule has 3 aliphatic rings. The predicted molar refractivity (Wildman–Crippen MR) is 74.7 cm³/mol. The summed E-state index contributed by atoms with van der Waals surface area (Å²) in [6.45, 7) is 1.86. The Morgan fingerprint density at radius 1 is 1.21 bits per heavy atom.